The fourth-order valence-electron chi connectivity index (χ4n) is 3.38. The molecule has 0 fully saturated rings. The molecular formula is C23H26F3N3O3. The Morgan fingerprint density at radius 1 is 1.09 bits per heavy atom. The molecule has 2 aromatic carbocycles. The number of rotatable bonds is 9. The molecule has 0 aliphatic carbocycles. The zero-order valence-electron chi connectivity index (χ0n) is 18.6. The van der Waals surface area contributed by atoms with E-state index in [9.17, 15) is 13.2 Å². The number of methoxy groups -OCH3 is 2. The zero-order valence-corrected chi connectivity index (χ0v) is 18.6. The number of nitrogens with one attached hydrogen (secondary N) is 1. The van der Waals surface area contributed by atoms with Gasteiger partial charge in [-0.25, -0.2) is 23.1 Å². The highest BCUT2D eigenvalue weighted by Gasteiger charge is 2.30. The highest BCUT2D eigenvalue weighted by Crippen LogP contribution is 2.36. The third-order valence-corrected chi connectivity index (χ3v) is 4.96. The number of alkyl halides is 2. The molecule has 3 aromatic rings. The van der Waals surface area contributed by atoms with Crippen molar-refractivity contribution in [2.45, 2.75) is 32.7 Å². The van der Waals surface area contributed by atoms with Crippen molar-refractivity contribution in [3.63, 3.8) is 0 Å². The highest BCUT2D eigenvalue weighted by atomic mass is 19.3. The predicted octanol–water partition coefficient (Wildman–Crippen LogP) is 5.40. The molecule has 0 amide bonds. The Labute approximate surface area is 184 Å². The standard InChI is InChI=1S/C23H26F3N3O3/c1-13(15-7-6-8-17(21(15)24)23(3,25)26)27-22-16-11-20(32-10-9-30-4)19(31-5)12-18(16)28-14(2)29-22/h6-8,11-13H,9-10H2,1-5H3,(H,27,28,29)/t13-/m1/s1. The van der Waals surface area contributed by atoms with Gasteiger partial charge in [-0.3, -0.25) is 0 Å². The van der Waals surface area contributed by atoms with Gasteiger partial charge in [0.25, 0.3) is 5.92 Å². The van der Waals surface area contributed by atoms with Crippen LogP contribution in [0.3, 0.4) is 0 Å². The summed E-state index contributed by atoms with van der Waals surface area (Å²) in [4.78, 5) is 8.89. The van der Waals surface area contributed by atoms with Crippen LogP contribution in [-0.2, 0) is 10.7 Å². The lowest BCUT2D eigenvalue weighted by Gasteiger charge is -2.20. The Bertz CT molecular complexity index is 1100. The van der Waals surface area contributed by atoms with Crippen LogP contribution in [0.2, 0.25) is 0 Å². The zero-order chi connectivity index (χ0) is 23.5. The SMILES string of the molecule is COCCOc1cc2c(N[C@H](C)c3cccc(C(C)(F)F)c3F)nc(C)nc2cc1OC. The largest absolute Gasteiger partial charge is 0.493 e. The molecule has 32 heavy (non-hydrogen) atoms. The summed E-state index contributed by atoms with van der Waals surface area (Å²) in [5.41, 5.74) is 0.0573. The van der Waals surface area contributed by atoms with E-state index < -0.39 is 23.3 Å². The number of hydrogen-bond donors (Lipinski definition) is 1. The number of benzene rings is 2. The predicted molar refractivity (Wildman–Crippen MR) is 116 cm³/mol. The Kier molecular flexibility index (Phi) is 7.08. The Hall–Kier alpha value is -3.07. The molecule has 0 aliphatic rings. The van der Waals surface area contributed by atoms with Gasteiger partial charge in [-0.1, -0.05) is 18.2 Å². The number of hydrogen-bond acceptors (Lipinski definition) is 6. The van der Waals surface area contributed by atoms with Crippen LogP contribution in [0, 0.1) is 12.7 Å². The van der Waals surface area contributed by atoms with Gasteiger partial charge in [-0.2, -0.15) is 0 Å². The topological polar surface area (TPSA) is 65.5 Å². The molecule has 6 nitrogen and oxygen atoms in total. The van der Waals surface area contributed by atoms with Gasteiger partial charge in [0.05, 0.1) is 30.8 Å². The second kappa shape index (κ2) is 9.60. The van der Waals surface area contributed by atoms with Gasteiger partial charge in [0, 0.05) is 31.0 Å². The van der Waals surface area contributed by atoms with E-state index in [-0.39, 0.29) is 5.56 Å². The third-order valence-electron chi connectivity index (χ3n) is 4.96. The number of anilines is 1. The minimum Gasteiger partial charge on any atom is -0.493 e. The summed E-state index contributed by atoms with van der Waals surface area (Å²) < 4.78 is 58.6. The van der Waals surface area contributed by atoms with Crippen LogP contribution in [0.1, 0.15) is 36.8 Å². The average Bonchev–Trinajstić information content (AvgIpc) is 2.72. The van der Waals surface area contributed by atoms with Crippen molar-refractivity contribution in [2.75, 3.05) is 32.8 Å². The number of aryl methyl sites for hydroxylation is 1. The summed E-state index contributed by atoms with van der Waals surface area (Å²) in [6.07, 6.45) is 0. The molecule has 0 bridgehead atoms. The van der Waals surface area contributed by atoms with Gasteiger partial charge in [0.1, 0.15) is 24.1 Å². The van der Waals surface area contributed by atoms with Crippen molar-refractivity contribution in [3.8, 4) is 11.5 Å². The molecule has 9 heteroatoms. The number of aromatic nitrogens is 2. The lowest BCUT2D eigenvalue weighted by molar-refractivity contribution is 0.0136. The van der Waals surface area contributed by atoms with Crippen LogP contribution >= 0.6 is 0 Å². The van der Waals surface area contributed by atoms with E-state index >= 15 is 0 Å². The summed E-state index contributed by atoms with van der Waals surface area (Å²) in [7, 11) is 3.10. The summed E-state index contributed by atoms with van der Waals surface area (Å²) in [5, 5.41) is 3.75. The summed E-state index contributed by atoms with van der Waals surface area (Å²) in [5.74, 6) is -2.36. The number of fused-ring (bicyclic) bond motifs is 1. The quantitative estimate of drug-likeness (QED) is 0.442. The van der Waals surface area contributed by atoms with Crippen LogP contribution < -0.4 is 14.8 Å². The van der Waals surface area contributed by atoms with E-state index in [4.69, 9.17) is 14.2 Å². The Morgan fingerprint density at radius 2 is 1.84 bits per heavy atom. The smallest absolute Gasteiger partial charge is 0.273 e. The molecule has 1 heterocycles. The van der Waals surface area contributed by atoms with Crippen molar-refractivity contribution in [1.82, 2.24) is 9.97 Å². The van der Waals surface area contributed by atoms with E-state index in [0.29, 0.717) is 54.2 Å². The summed E-state index contributed by atoms with van der Waals surface area (Å²) in [6, 6.07) is 6.78. The number of ether oxygens (including phenoxy) is 3. The molecule has 1 atom stereocenters. The van der Waals surface area contributed by atoms with Gasteiger partial charge in [0.15, 0.2) is 11.5 Å². The van der Waals surface area contributed by atoms with E-state index in [0.717, 1.165) is 6.07 Å². The molecule has 3 rings (SSSR count). The second-order valence-electron chi connectivity index (χ2n) is 7.44. The molecule has 0 spiro atoms. The monoisotopic (exact) mass is 449 g/mol. The van der Waals surface area contributed by atoms with Crippen molar-refractivity contribution in [3.05, 3.63) is 53.1 Å². The van der Waals surface area contributed by atoms with Crippen LogP contribution in [0.25, 0.3) is 10.9 Å². The van der Waals surface area contributed by atoms with Gasteiger partial charge < -0.3 is 19.5 Å². The Morgan fingerprint density at radius 3 is 2.50 bits per heavy atom. The van der Waals surface area contributed by atoms with Crippen molar-refractivity contribution in [2.24, 2.45) is 0 Å². The summed E-state index contributed by atoms with van der Waals surface area (Å²) >= 11 is 0. The molecular weight excluding hydrogens is 423 g/mol. The van der Waals surface area contributed by atoms with Crippen LogP contribution in [0.15, 0.2) is 30.3 Å². The molecule has 0 saturated carbocycles. The van der Waals surface area contributed by atoms with Crippen molar-refractivity contribution >= 4 is 16.7 Å². The third kappa shape index (κ3) is 5.04. The molecule has 0 unspecified atom stereocenters. The first kappa shape index (κ1) is 23.6. The molecule has 172 valence electrons. The average molecular weight is 449 g/mol. The number of nitrogens with zero attached hydrogens (tertiary/aromatic N) is 2. The van der Waals surface area contributed by atoms with Crippen LogP contribution in [0.4, 0.5) is 19.0 Å². The first-order valence-corrected chi connectivity index (χ1v) is 10.1. The second-order valence-corrected chi connectivity index (χ2v) is 7.44. The highest BCUT2D eigenvalue weighted by molar-refractivity contribution is 5.92. The number of halogens is 3. The summed E-state index contributed by atoms with van der Waals surface area (Å²) in [6.45, 7) is 4.79. The van der Waals surface area contributed by atoms with Gasteiger partial charge in [0.2, 0.25) is 0 Å². The van der Waals surface area contributed by atoms with Crippen molar-refractivity contribution < 1.29 is 27.4 Å². The van der Waals surface area contributed by atoms with E-state index in [1.807, 2.05) is 0 Å². The van der Waals surface area contributed by atoms with E-state index in [1.165, 1.54) is 19.2 Å². The minimum absolute atomic E-state index is 0.110. The maximum atomic E-state index is 14.8. The van der Waals surface area contributed by atoms with Gasteiger partial charge >= 0.3 is 0 Å². The first-order chi connectivity index (χ1) is 15.2. The van der Waals surface area contributed by atoms with Gasteiger partial charge in [-0.05, 0) is 19.9 Å². The lowest BCUT2D eigenvalue weighted by atomic mass is 10.0. The molecule has 1 N–H and O–H groups in total. The molecule has 0 aliphatic heterocycles. The van der Waals surface area contributed by atoms with E-state index in [1.54, 1.807) is 33.1 Å². The molecule has 0 radical (unpaired) electrons. The Balaban J connectivity index is 2.02. The fraction of sp³-hybridized carbons (Fsp3) is 0.391. The minimum atomic E-state index is -3.29. The molecule has 0 saturated heterocycles. The normalized spacial score (nSPS) is 12.6. The van der Waals surface area contributed by atoms with Crippen LogP contribution in [-0.4, -0.2) is 37.4 Å². The van der Waals surface area contributed by atoms with Gasteiger partial charge in [-0.15, -0.1) is 0 Å². The maximum Gasteiger partial charge on any atom is 0.273 e. The lowest BCUT2D eigenvalue weighted by Crippen LogP contribution is -2.16. The molecule has 1 aromatic heterocycles. The van der Waals surface area contributed by atoms with E-state index in [2.05, 4.69) is 15.3 Å². The fourth-order valence-corrected chi connectivity index (χ4v) is 3.38. The van der Waals surface area contributed by atoms with Crippen molar-refractivity contribution in [1.29, 1.82) is 0 Å². The maximum absolute atomic E-state index is 14.8. The van der Waals surface area contributed by atoms with Crippen LogP contribution in [0.5, 0.6) is 11.5 Å². The first-order valence-electron chi connectivity index (χ1n) is 10.1.